The minimum Gasteiger partial charge on any atom is -0.399 e. The molecule has 0 spiro atoms. The van der Waals surface area contributed by atoms with E-state index < -0.39 is 11.2 Å². The van der Waals surface area contributed by atoms with Crippen LogP contribution < -0.4 is 22.3 Å². The van der Waals surface area contributed by atoms with Gasteiger partial charge in [0, 0.05) is 26.0 Å². The van der Waals surface area contributed by atoms with Crippen LogP contribution in [0.15, 0.2) is 40.1 Å². The molecular formula is C20H23Cl2N5O3. The minimum atomic E-state index is -0.473. The van der Waals surface area contributed by atoms with Crippen molar-refractivity contribution >= 4 is 47.4 Å². The number of rotatable bonds is 2. The number of halogens is 2. The van der Waals surface area contributed by atoms with Crippen molar-refractivity contribution in [2.45, 2.75) is 25.3 Å². The summed E-state index contributed by atoms with van der Waals surface area (Å²) in [5.74, 6) is -0.306. The van der Waals surface area contributed by atoms with E-state index in [2.05, 4.69) is 10.3 Å². The second-order valence-electron chi connectivity index (χ2n) is 7.18. The highest BCUT2D eigenvalue weighted by molar-refractivity contribution is 5.97. The van der Waals surface area contributed by atoms with Gasteiger partial charge in [-0.3, -0.25) is 18.7 Å². The maximum Gasteiger partial charge on any atom is 0.332 e. The first-order chi connectivity index (χ1) is 13.4. The molecule has 8 nitrogen and oxygen atoms in total. The van der Waals surface area contributed by atoms with Gasteiger partial charge in [-0.2, -0.15) is 0 Å². The highest BCUT2D eigenvalue weighted by atomic mass is 35.5. The van der Waals surface area contributed by atoms with Crippen molar-refractivity contribution in [2.24, 2.45) is 14.1 Å². The van der Waals surface area contributed by atoms with Gasteiger partial charge in [-0.25, -0.2) is 9.78 Å². The van der Waals surface area contributed by atoms with E-state index in [-0.39, 0.29) is 53.4 Å². The first-order valence-electron chi connectivity index (χ1n) is 9.11. The fourth-order valence-corrected chi connectivity index (χ4v) is 3.82. The van der Waals surface area contributed by atoms with E-state index in [1.54, 1.807) is 7.05 Å². The fraction of sp³-hybridized carbons (Fsp3) is 0.300. The largest absolute Gasteiger partial charge is 0.399 e. The minimum absolute atomic E-state index is 0. The Balaban J connectivity index is 0.00000160. The molecule has 1 unspecified atom stereocenters. The first kappa shape index (κ1) is 23.4. The highest BCUT2D eigenvalue weighted by Gasteiger charge is 2.23. The Morgan fingerprint density at radius 1 is 1.17 bits per heavy atom. The van der Waals surface area contributed by atoms with Crippen molar-refractivity contribution in [2.75, 3.05) is 5.73 Å². The predicted octanol–water partition coefficient (Wildman–Crippen LogP) is 1.87. The Hall–Kier alpha value is -2.84. The topological polar surface area (TPSA) is 112 Å². The molecule has 160 valence electrons. The Bertz CT molecular complexity index is 1240. The number of nitrogen functional groups attached to an aromatic ring is 1. The van der Waals surface area contributed by atoms with E-state index >= 15 is 0 Å². The summed E-state index contributed by atoms with van der Waals surface area (Å²) >= 11 is 0. The Kier molecular flexibility index (Phi) is 6.95. The second-order valence-corrected chi connectivity index (χ2v) is 7.18. The number of pyridine rings is 1. The van der Waals surface area contributed by atoms with Crippen LogP contribution in [0.25, 0.3) is 11.0 Å². The smallest absolute Gasteiger partial charge is 0.332 e. The molecule has 2 aromatic heterocycles. The monoisotopic (exact) mass is 451 g/mol. The van der Waals surface area contributed by atoms with Gasteiger partial charge in [0.2, 0.25) is 0 Å². The highest BCUT2D eigenvalue weighted by Crippen LogP contribution is 2.31. The summed E-state index contributed by atoms with van der Waals surface area (Å²) in [5, 5.41) is 3.27. The molecule has 10 heteroatoms. The summed E-state index contributed by atoms with van der Waals surface area (Å²) in [4.78, 5) is 41.5. The third-order valence-electron chi connectivity index (χ3n) is 5.34. The van der Waals surface area contributed by atoms with Crippen LogP contribution in [0.1, 0.15) is 40.4 Å². The molecular weight excluding hydrogens is 429 g/mol. The number of anilines is 1. The molecule has 1 aliphatic rings. The quantitative estimate of drug-likeness (QED) is 0.577. The third kappa shape index (κ3) is 3.93. The van der Waals surface area contributed by atoms with Crippen molar-refractivity contribution in [1.82, 2.24) is 19.4 Å². The molecule has 0 saturated heterocycles. The Labute approximate surface area is 184 Å². The van der Waals surface area contributed by atoms with E-state index in [1.165, 1.54) is 23.9 Å². The Morgan fingerprint density at radius 3 is 2.63 bits per heavy atom. The standard InChI is InChI=1S/C20H21N5O3.2ClH/c1-24-17-15(19(27)25(2)20(24)28)9-12(10-22-17)18(26)23-16-5-3-4-11-8-13(21)6-7-14(11)16;;/h6-10,16H,3-5,21H2,1-2H3,(H,23,26);2*1H. The van der Waals surface area contributed by atoms with Crippen molar-refractivity contribution in [3.63, 3.8) is 0 Å². The van der Waals surface area contributed by atoms with E-state index in [0.717, 1.165) is 35.0 Å². The number of carbonyl (C=O) groups is 1. The van der Waals surface area contributed by atoms with Gasteiger partial charge in [0.25, 0.3) is 11.5 Å². The summed E-state index contributed by atoms with van der Waals surface area (Å²) in [7, 11) is 2.95. The van der Waals surface area contributed by atoms with Gasteiger partial charge in [-0.1, -0.05) is 6.07 Å². The van der Waals surface area contributed by atoms with Gasteiger partial charge in [0.15, 0.2) is 0 Å². The van der Waals surface area contributed by atoms with Crippen LogP contribution in [0, 0.1) is 0 Å². The molecule has 2 heterocycles. The summed E-state index contributed by atoms with van der Waals surface area (Å²) in [6.45, 7) is 0. The normalized spacial score (nSPS) is 14.9. The number of benzene rings is 1. The number of hydrogen-bond acceptors (Lipinski definition) is 5. The van der Waals surface area contributed by atoms with Crippen molar-refractivity contribution < 1.29 is 4.79 Å². The number of carbonyl (C=O) groups excluding carboxylic acids is 1. The number of hydrogen-bond donors (Lipinski definition) is 2. The summed E-state index contributed by atoms with van der Waals surface area (Å²) in [6.07, 6.45) is 4.12. The van der Waals surface area contributed by atoms with E-state index in [4.69, 9.17) is 5.73 Å². The van der Waals surface area contributed by atoms with Gasteiger partial charge in [-0.15, -0.1) is 24.8 Å². The maximum absolute atomic E-state index is 12.8. The molecule has 0 saturated carbocycles. The van der Waals surface area contributed by atoms with Crippen LogP contribution in [0.2, 0.25) is 0 Å². The Morgan fingerprint density at radius 2 is 1.90 bits per heavy atom. The maximum atomic E-state index is 12.8. The zero-order valence-electron chi connectivity index (χ0n) is 16.5. The molecule has 0 bridgehead atoms. The number of nitrogens with zero attached hydrogens (tertiary/aromatic N) is 3. The van der Waals surface area contributed by atoms with Gasteiger partial charge >= 0.3 is 5.69 Å². The van der Waals surface area contributed by atoms with Crippen LogP contribution >= 0.6 is 24.8 Å². The van der Waals surface area contributed by atoms with Crippen LogP contribution in [-0.2, 0) is 20.5 Å². The van der Waals surface area contributed by atoms with E-state index in [9.17, 15) is 14.4 Å². The molecule has 4 rings (SSSR count). The molecule has 0 radical (unpaired) electrons. The number of amides is 1. The zero-order chi connectivity index (χ0) is 20.0. The summed E-state index contributed by atoms with van der Waals surface area (Å²) in [5.41, 5.74) is 8.41. The van der Waals surface area contributed by atoms with Crippen LogP contribution in [0.5, 0.6) is 0 Å². The second kappa shape index (κ2) is 8.89. The van der Waals surface area contributed by atoms with Crippen molar-refractivity contribution in [1.29, 1.82) is 0 Å². The zero-order valence-corrected chi connectivity index (χ0v) is 18.2. The number of aromatic nitrogens is 3. The first-order valence-corrected chi connectivity index (χ1v) is 9.11. The summed E-state index contributed by atoms with van der Waals surface area (Å²) in [6, 6.07) is 7.13. The van der Waals surface area contributed by atoms with Crippen LogP contribution in [0.4, 0.5) is 5.69 Å². The lowest BCUT2D eigenvalue weighted by Crippen LogP contribution is -2.37. The molecule has 1 atom stereocenters. The molecule has 30 heavy (non-hydrogen) atoms. The van der Waals surface area contributed by atoms with Crippen molar-refractivity contribution in [3.05, 3.63) is 68.0 Å². The van der Waals surface area contributed by atoms with Gasteiger partial charge < -0.3 is 11.1 Å². The van der Waals surface area contributed by atoms with Gasteiger partial charge in [0.1, 0.15) is 5.65 Å². The van der Waals surface area contributed by atoms with E-state index in [0.29, 0.717) is 5.69 Å². The number of aryl methyl sites for hydroxylation is 2. The molecule has 1 aliphatic carbocycles. The third-order valence-corrected chi connectivity index (χ3v) is 5.34. The molecule has 0 aliphatic heterocycles. The van der Waals surface area contributed by atoms with Gasteiger partial charge in [-0.05, 0) is 48.6 Å². The average Bonchev–Trinajstić information content (AvgIpc) is 2.70. The fourth-order valence-electron chi connectivity index (χ4n) is 3.82. The lowest BCUT2D eigenvalue weighted by molar-refractivity contribution is 0.0932. The average molecular weight is 452 g/mol. The predicted molar refractivity (Wildman–Crippen MR) is 121 cm³/mol. The molecule has 3 N–H and O–H groups in total. The lowest BCUT2D eigenvalue weighted by atomic mass is 9.87. The lowest BCUT2D eigenvalue weighted by Gasteiger charge is -2.26. The summed E-state index contributed by atoms with van der Waals surface area (Å²) < 4.78 is 2.30. The number of nitrogens with one attached hydrogen (secondary N) is 1. The number of fused-ring (bicyclic) bond motifs is 2. The van der Waals surface area contributed by atoms with Crippen LogP contribution in [0.3, 0.4) is 0 Å². The van der Waals surface area contributed by atoms with Gasteiger partial charge in [0.05, 0.1) is 17.0 Å². The SMILES string of the molecule is Cl.Cl.Cn1c(=O)c2cc(C(=O)NC3CCCc4cc(N)ccc43)cnc2n(C)c1=O. The molecule has 1 aromatic carbocycles. The molecule has 1 amide bonds. The molecule has 0 fully saturated rings. The molecule has 3 aromatic rings. The number of nitrogens with two attached hydrogens (primary N) is 1. The van der Waals surface area contributed by atoms with Crippen LogP contribution in [-0.4, -0.2) is 20.0 Å². The van der Waals surface area contributed by atoms with E-state index in [1.807, 2.05) is 18.2 Å². The van der Waals surface area contributed by atoms with Crippen molar-refractivity contribution in [3.8, 4) is 0 Å².